The Hall–Kier alpha value is -5.54. The van der Waals surface area contributed by atoms with Gasteiger partial charge in [0.2, 0.25) is 10.0 Å². The molecule has 0 saturated carbocycles. The molecule has 3 aromatic carbocycles. The quantitative estimate of drug-likeness (QED) is 0.176. The van der Waals surface area contributed by atoms with E-state index in [1.807, 2.05) is 6.07 Å². The molecule has 248 valence electrons. The number of anilines is 1. The summed E-state index contributed by atoms with van der Waals surface area (Å²) in [4.78, 5) is 27.1. The first-order valence-corrected chi connectivity index (χ1v) is 16.3. The van der Waals surface area contributed by atoms with Gasteiger partial charge < -0.3 is 20.8 Å². The number of hydrogen-bond acceptors (Lipinski definition) is 8. The number of aromatic nitrogens is 3. The fourth-order valence-electron chi connectivity index (χ4n) is 4.36. The zero-order valence-electron chi connectivity index (χ0n) is 26.2. The van der Waals surface area contributed by atoms with Crippen molar-refractivity contribution in [3.8, 4) is 24.2 Å². The second-order valence-electron chi connectivity index (χ2n) is 10.8. The third-order valence-electron chi connectivity index (χ3n) is 7.12. The molecule has 0 aliphatic rings. The van der Waals surface area contributed by atoms with Crippen LogP contribution < -0.4 is 14.9 Å². The van der Waals surface area contributed by atoms with Crippen molar-refractivity contribution in [2.24, 2.45) is 0 Å². The normalized spacial score (nSPS) is 13.5. The molecule has 0 radical (unpaired) electrons. The fraction of sp³-hybridized carbons (Fsp3) is 0.235. The lowest BCUT2D eigenvalue weighted by Crippen LogP contribution is -2.44. The number of aliphatic hydroxyl groups excluding tert-OH is 2. The number of halogens is 1. The summed E-state index contributed by atoms with van der Waals surface area (Å²) in [5, 5.41) is 34.0. The maximum absolute atomic E-state index is 13.7. The van der Waals surface area contributed by atoms with Crippen molar-refractivity contribution in [2.75, 3.05) is 17.6 Å². The number of nitrogens with one attached hydrogen (secondary N) is 2. The summed E-state index contributed by atoms with van der Waals surface area (Å²) in [6.45, 7) is 1.36. The molecule has 0 bridgehead atoms. The molecule has 0 aliphatic carbocycles. The Labute approximate surface area is 277 Å². The highest BCUT2D eigenvalue weighted by Gasteiger charge is 2.25. The number of rotatable bonds is 11. The van der Waals surface area contributed by atoms with Crippen molar-refractivity contribution >= 4 is 27.5 Å². The van der Waals surface area contributed by atoms with Gasteiger partial charge in [-0.25, -0.2) is 17.5 Å². The van der Waals surface area contributed by atoms with Crippen molar-refractivity contribution in [1.82, 2.24) is 25.6 Å². The molecule has 0 saturated heterocycles. The summed E-state index contributed by atoms with van der Waals surface area (Å²) in [5.74, 6) is 6.19. The number of benzene rings is 3. The van der Waals surface area contributed by atoms with Gasteiger partial charge in [0.25, 0.3) is 11.8 Å². The Morgan fingerprint density at radius 1 is 1.02 bits per heavy atom. The molecular weight excluding hydrogens is 639 g/mol. The molecule has 12 nitrogen and oxygen atoms in total. The van der Waals surface area contributed by atoms with Crippen LogP contribution in [0.5, 0.6) is 0 Å². The highest BCUT2D eigenvalue weighted by atomic mass is 32.2. The van der Waals surface area contributed by atoms with E-state index in [0.29, 0.717) is 11.1 Å². The van der Waals surface area contributed by atoms with Crippen molar-refractivity contribution in [3.05, 3.63) is 113 Å². The highest BCUT2D eigenvalue weighted by molar-refractivity contribution is 7.92. The Kier molecular flexibility index (Phi) is 11.3. The van der Waals surface area contributed by atoms with Crippen LogP contribution in [0.15, 0.2) is 79.0 Å². The Bertz CT molecular complexity index is 1980. The third-order valence-corrected chi connectivity index (χ3v) is 8.33. The Morgan fingerprint density at radius 2 is 1.65 bits per heavy atom. The van der Waals surface area contributed by atoms with E-state index in [1.54, 1.807) is 24.3 Å². The molecule has 0 fully saturated rings. The van der Waals surface area contributed by atoms with E-state index in [9.17, 15) is 32.6 Å². The van der Waals surface area contributed by atoms with Crippen LogP contribution in [0.25, 0.3) is 0 Å². The molecule has 1 unspecified atom stereocenters. The summed E-state index contributed by atoms with van der Waals surface area (Å²) >= 11 is 0. The van der Waals surface area contributed by atoms with E-state index >= 15 is 0 Å². The van der Waals surface area contributed by atoms with Gasteiger partial charge in [-0.05, 0) is 55.0 Å². The Morgan fingerprint density at radius 3 is 2.21 bits per heavy atom. The van der Waals surface area contributed by atoms with Gasteiger partial charge in [-0.3, -0.25) is 13.9 Å². The minimum Gasteiger partial charge on any atom is -0.388 e. The van der Waals surface area contributed by atoms with Crippen LogP contribution >= 0.6 is 0 Å². The molecule has 0 spiro atoms. The van der Waals surface area contributed by atoms with Gasteiger partial charge in [0, 0.05) is 23.7 Å². The minimum atomic E-state index is -3.82. The first kappa shape index (κ1) is 35.3. The lowest BCUT2D eigenvalue weighted by molar-refractivity contribution is 0.0850. The first-order chi connectivity index (χ1) is 22.7. The topological polar surface area (TPSA) is 167 Å². The predicted octanol–water partition coefficient (Wildman–Crippen LogP) is 2.18. The minimum absolute atomic E-state index is 0.00456. The second kappa shape index (κ2) is 15.4. The number of carbonyl (C=O) groups excluding carboxylic acids is 2. The smallest absolute Gasteiger partial charge is 0.252 e. The van der Waals surface area contributed by atoms with E-state index in [2.05, 4.69) is 38.7 Å². The molecular formula is C34H33FN6O6S. The van der Waals surface area contributed by atoms with Gasteiger partial charge in [-0.1, -0.05) is 53.3 Å². The van der Waals surface area contributed by atoms with E-state index in [0.717, 1.165) is 10.6 Å². The van der Waals surface area contributed by atoms with E-state index < -0.39 is 51.9 Å². The predicted molar refractivity (Wildman–Crippen MR) is 176 cm³/mol. The zero-order chi connectivity index (χ0) is 35.0. The van der Waals surface area contributed by atoms with Crippen molar-refractivity contribution < 1.29 is 32.6 Å². The van der Waals surface area contributed by atoms with Crippen LogP contribution in [0.2, 0.25) is 0 Å². The number of terminal acetylenes is 1. The summed E-state index contributed by atoms with van der Waals surface area (Å²) in [5.41, 5.74) is 1.09. The van der Waals surface area contributed by atoms with E-state index in [-0.39, 0.29) is 29.1 Å². The zero-order valence-corrected chi connectivity index (χ0v) is 27.0. The molecule has 48 heavy (non-hydrogen) atoms. The van der Waals surface area contributed by atoms with Crippen LogP contribution in [-0.2, 0) is 16.6 Å². The van der Waals surface area contributed by atoms with Gasteiger partial charge in [-0.15, -0.1) is 11.5 Å². The maximum atomic E-state index is 13.7. The summed E-state index contributed by atoms with van der Waals surface area (Å²) in [6, 6.07) is 15.7. The summed E-state index contributed by atoms with van der Waals surface area (Å²) in [7, 11) is -2.57. The summed E-state index contributed by atoms with van der Waals surface area (Å²) in [6.07, 6.45) is 5.83. The SMILES string of the molecule is C#C[C@@H](NC(=O)c1cc(C(=O)NC(C#Cc2ccccc2)[C@@H](O)Cn2cc([C@H](C)O)nn2)cc(N(C)S(C)(=O)=O)c1)c1ccc(F)cc1. The third kappa shape index (κ3) is 9.27. The lowest BCUT2D eigenvalue weighted by atomic mass is 10.0. The molecule has 2 amide bonds. The van der Waals surface area contributed by atoms with E-state index in [4.69, 9.17) is 6.42 Å². The first-order valence-electron chi connectivity index (χ1n) is 14.5. The maximum Gasteiger partial charge on any atom is 0.252 e. The van der Waals surface area contributed by atoms with Gasteiger partial charge in [-0.2, -0.15) is 0 Å². The summed E-state index contributed by atoms with van der Waals surface area (Å²) < 4.78 is 40.5. The number of amides is 2. The van der Waals surface area contributed by atoms with Crippen LogP contribution in [0.1, 0.15) is 56.6 Å². The van der Waals surface area contributed by atoms with Gasteiger partial charge in [0.05, 0.1) is 30.8 Å². The largest absolute Gasteiger partial charge is 0.388 e. The molecule has 1 heterocycles. The van der Waals surface area contributed by atoms with Crippen molar-refractivity contribution in [2.45, 2.75) is 37.8 Å². The molecule has 4 aromatic rings. The highest BCUT2D eigenvalue weighted by Crippen LogP contribution is 2.22. The molecule has 14 heteroatoms. The lowest BCUT2D eigenvalue weighted by Gasteiger charge is -2.22. The molecule has 0 aliphatic heterocycles. The van der Waals surface area contributed by atoms with Crippen molar-refractivity contribution in [1.29, 1.82) is 0 Å². The number of sulfonamides is 1. The van der Waals surface area contributed by atoms with Gasteiger partial charge in [0.15, 0.2) is 0 Å². The Balaban J connectivity index is 1.68. The molecule has 4 atom stereocenters. The van der Waals surface area contributed by atoms with Crippen LogP contribution in [0, 0.1) is 30.0 Å². The number of aliphatic hydroxyl groups is 2. The van der Waals surface area contributed by atoms with Crippen LogP contribution in [0.3, 0.4) is 0 Å². The van der Waals surface area contributed by atoms with E-state index in [1.165, 1.54) is 67.3 Å². The standard InChI is InChI=1S/C34H33FN6O6S/c1-5-29(24-12-14-27(35)15-13-24)36-33(44)25-17-26(19-28(18-25)40(3)48(4,46)47)34(45)37-30(16-11-23-9-7-6-8-10-23)32(43)21-41-20-31(22(2)42)38-39-41/h1,6-10,12-15,17-20,22,29-30,32,42-43H,21H2,2-4H3,(H,36,44)(H,37,45)/t22-,29+,30?,32-/m0/s1. The molecule has 1 aromatic heterocycles. The number of hydrogen-bond donors (Lipinski definition) is 4. The van der Waals surface area contributed by atoms with Gasteiger partial charge in [0.1, 0.15) is 29.7 Å². The van der Waals surface area contributed by atoms with Crippen molar-refractivity contribution in [3.63, 3.8) is 0 Å². The second-order valence-corrected chi connectivity index (χ2v) is 12.8. The monoisotopic (exact) mass is 672 g/mol. The average molecular weight is 673 g/mol. The number of nitrogens with zero attached hydrogens (tertiary/aromatic N) is 4. The molecule has 4 rings (SSSR count). The van der Waals surface area contributed by atoms with Crippen LogP contribution in [0.4, 0.5) is 10.1 Å². The fourth-order valence-corrected chi connectivity index (χ4v) is 4.85. The van der Waals surface area contributed by atoms with Crippen LogP contribution in [-0.4, -0.2) is 70.9 Å². The van der Waals surface area contributed by atoms with Gasteiger partial charge >= 0.3 is 0 Å². The number of carbonyl (C=O) groups is 2. The molecule has 4 N–H and O–H groups in total. The average Bonchev–Trinajstić information content (AvgIpc) is 3.54.